The van der Waals surface area contributed by atoms with E-state index in [-0.39, 0.29) is 18.2 Å². The molecule has 0 bridgehead atoms. The van der Waals surface area contributed by atoms with E-state index in [0.717, 1.165) is 5.69 Å². The van der Waals surface area contributed by atoms with Gasteiger partial charge < -0.3 is 14.4 Å². The molecule has 5 nitrogen and oxygen atoms in total. The van der Waals surface area contributed by atoms with E-state index in [0.29, 0.717) is 18.9 Å². The molecule has 5 heteroatoms. The van der Waals surface area contributed by atoms with Gasteiger partial charge in [-0.3, -0.25) is 4.98 Å². The third kappa shape index (κ3) is 2.91. The number of aryl methyl sites for hydroxylation is 1. The fraction of sp³-hybridized carbons (Fsp3) is 0.538. The Kier molecular flexibility index (Phi) is 3.69. The summed E-state index contributed by atoms with van der Waals surface area (Å²) >= 11 is 0. The average molecular weight is 250 g/mol. The highest BCUT2D eigenvalue weighted by atomic mass is 16.6. The molecule has 0 N–H and O–H groups in total. The van der Waals surface area contributed by atoms with Gasteiger partial charge in [-0.25, -0.2) is 4.79 Å². The monoisotopic (exact) mass is 250 g/mol. The lowest BCUT2D eigenvalue weighted by Crippen LogP contribution is -2.32. The van der Waals surface area contributed by atoms with E-state index in [2.05, 4.69) is 4.98 Å². The van der Waals surface area contributed by atoms with E-state index in [1.807, 2.05) is 32.9 Å². The number of hydrogen-bond donors (Lipinski definition) is 0. The van der Waals surface area contributed by atoms with Crippen LogP contribution in [-0.4, -0.2) is 41.3 Å². The van der Waals surface area contributed by atoms with Crippen LogP contribution in [0.15, 0.2) is 18.3 Å². The molecule has 1 aromatic rings. The quantitative estimate of drug-likeness (QED) is 0.820. The molecule has 0 aliphatic carbocycles. The fourth-order valence-electron chi connectivity index (χ4n) is 1.78. The van der Waals surface area contributed by atoms with E-state index < -0.39 is 0 Å². The van der Waals surface area contributed by atoms with Crippen LogP contribution in [0.4, 0.5) is 4.79 Å². The minimum absolute atomic E-state index is 0.156. The van der Waals surface area contributed by atoms with Crippen molar-refractivity contribution in [2.24, 2.45) is 0 Å². The SMILES string of the molecule is Cc1ccc(OCC2CN(C(C)C)C(=O)O2)cn1. The number of amides is 1. The minimum Gasteiger partial charge on any atom is -0.488 e. The lowest BCUT2D eigenvalue weighted by atomic mass is 10.3. The van der Waals surface area contributed by atoms with Crippen LogP contribution in [0.25, 0.3) is 0 Å². The van der Waals surface area contributed by atoms with Gasteiger partial charge in [-0.2, -0.15) is 0 Å². The van der Waals surface area contributed by atoms with Crippen LogP contribution in [0.5, 0.6) is 5.75 Å². The Balaban J connectivity index is 1.85. The summed E-state index contributed by atoms with van der Waals surface area (Å²) in [6, 6.07) is 3.90. The number of carbonyl (C=O) groups excluding carboxylic acids is 1. The Morgan fingerprint density at radius 2 is 2.33 bits per heavy atom. The van der Waals surface area contributed by atoms with E-state index >= 15 is 0 Å². The van der Waals surface area contributed by atoms with E-state index in [1.54, 1.807) is 11.1 Å². The maximum Gasteiger partial charge on any atom is 0.410 e. The number of rotatable bonds is 4. The number of nitrogens with zero attached hydrogens (tertiary/aromatic N) is 2. The van der Waals surface area contributed by atoms with Crippen LogP contribution >= 0.6 is 0 Å². The first-order valence-electron chi connectivity index (χ1n) is 6.09. The highest BCUT2D eigenvalue weighted by molar-refractivity contribution is 5.70. The zero-order chi connectivity index (χ0) is 13.1. The molecule has 1 unspecified atom stereocenters. The number of ether oxygens (including phenoxy) is 2. The first-order chi connectivity index (χ1) is 8.56. The summed E-state index contributed by atoms with van der Waals surface area (Å²) in [4.78, 5) is 17.4. The van der Waals surface area contributed by atoms with Crippen LogP contribution in [0, 0.1) is 6.92 Å². The minimum atomic E-state index is -0.263. The molecular formula is C13H18N2O3. The molecule has 18 heavy (non-hydrogen) atoms. The van der Waals surface area contributed by atoms with Gasteiger partial charge in [-0.05, 0) is 32.9 Å². The van der Waals surface area contributed by atoms with Crippen molar-refractivity contribution in [3.8, 4) is 5.75 Å². The van der Waals surface area contributed by atoms with E-state index in [1.165, 1.54) is 0 Å². The zero-order valence-electron chi connectivity index (χ0n) is 10.9. The molecule has 0 aromatic carbocycles. The molecule has 98 valence electrons. The van der Waals surface area contributed by atoms with Gasteiger partial charge in [0.25, 0.3) is 0 Å². The van der Waals surface area contributed by atoms with Crippen LogP contribution in [-0.2, 0) is 4.74 Å². The van der Waals surface area contributed by atoms with Crippen LogP contribution in [0.2, 0.25) is 0 Å². The number of pyridine rings is 1. The van der Waals surface area contributed by atoms with E-state index in [9.17, 15) is 4.79 Å². The predicted octanol–water partition coefficient (Wildman–Crippen LogP) is 2.00. The van der Waals surface area contributed by atoms with Crippen molar-refractivity contribution in [3.05, 3.63) is 24.0 Å². The summed E-state index contributed by atoms with van der Waals surface area (Å²) in [6.45, 7) is 6.79. The molecule has 2 heterocycles. The summed E-state index contributed by atoms with van der Waals surface area (Å²) < 4.78 is 10.8. The molecule has 1 atom stereocenters. The average Bonchev–Trinajstić information content (AvgIpc) is 2.70. The molecule has 1 aliphatic rings. The maximum atomic E-state index is 11.5. The number of aromatic nitrogens is 1. The summed E-state index contributed by atoms with van der Waals surface area (Å²) in [5.41, 5.74) is 0.945. The fourth-order valence-corrected chi connectivity index (χ4v) is 1.78. The molecule has 1 aliphatic heterocycles. The van der Waals surface area contributed by atoms with Gasteiger partial charge in [0.2, 0.25) is 0 Å². The first-order valence-corrected chi connectivity index (χ1v) is 6.09. The molecule has 0 radical (unpaired) electrons. The molecule has 2 rings (SSSR count). The molecular weight excluding hydrogens is 232 g/mol. The largest absolute Gasteiger partial charge is 0.488 e. The van der Waals surface area contributed by atoms with Crippen LogP contribution in [0.1, 0.15) is 19.5 Å². The molecule has 1 aromatic heterocycles. The van der Waals surface area contributed by atoms with Gasteiger partial charge in [-0.15, -0.1) is 0 Å². The van der Waals surface area contributed by atoms with Gasteiger partial charge in [0.15, 0.2) is 6.10 Å². The van der Waals surface area contributed by atoms with Crippen LogP contribution in [0.3, 0.4) is 0 Å². The highest BCUT2D eigenvalue weighted by Gasteiger charge is 2.33. The Labute approximate surface area is 107 Å². The van der Waals surface area contributed by atoms with Crippen LogP contribution < -0.4 is 4.74 Å². The summed E-state index contributed by atoms with van der Waals surface area (Å²) in [7, 11) is 0. The standard InChI is InChI=1S/C13H18N2O3/c1-9(2)15-7-12(18-13(15)16)8-17-11-5-4-10(3)14-6-11/h4-6,9,12H,7-8H2,1-3H3. The number of cyclic esters (lactones) is 1. The third-order valence-corrected chi connectivity index (χ3v) is 2.85. The van der Waals surface area contributed by atoms with Crippen molar-refractivity contribution in [3.63, 3.8) is 0 Å². The summed E-state index contributed by atoms with van der Waals surface area (Å²) in [5.74, 6) is 0.694. The second-order valence-corrected chi connectivity index (χ2v) is 4.70. The van der Waals surface area contributed by atoms with Gasteiger partial charge >= 0.3 is 6.09 Å². The molecule has 0 saturated carbocycles. The van der Waals surface area contributed by atoms with Crippen molar-refractivity contribution >= 4 is 6.09 Å². The van der Waals surface area contributed by atoms with Gasteiger partial charge in [0.05, 0.1) is 12.7 Å². The maximum absolute atomic E-state index is 11.5. The summed E-state index contributed by atoms with van der Waals surface area (Å²) in [6.07, 6.45) is 1.20. The zero-order valence-corrected chi connectivity index (χ0v) is 10.9. The molecule has 1 fully saturated rings. The highest BCUT2D eigenvalue weighted by Crippen LogP contribution is 2.16. The number of carbonyl (C=O) groups is 1. The topological polar surface area (TPSA) is 51.7 Å². The molecule has 0 spiro atoms. The second-order valence-electron chi connectivity index (χ2n) is 4.70. The Bertz CT molecular complexity index is 417. The lowest BCUT2D eigenvalue weighted by Gasteiger charge is -2.16. The van der Waals surface area contributed by atoms with Gasteiger partial charge in [0.1, 0.15) is 12.4 Å². The van der Waals surface area contributed by atoms with Crippen molar-refractivity contribution in [2.75, 3.05) is 13.2 Å². The Hall–Kier alpha value is -1.78. The second kappa shape index (κ2) is 5.25. The first kappa shape index (κ1) is 12.7. The lowest BCUT2D eigenvalue weighted by molar-refractivity contribution is 0.102. The summed E-state index contributed by atoms with van der Waals surface area (Å²) in [5, 5.41) is 0. The Morgan fingerprint density at radius 1 is 1.56 bits per heavy atom. The molecule has 1 saturated heterocycles. The molecule has 1 amide bonds. The normalized spacial score (nSPS) is 19.2. The third-order valence-electron chi connectivity index (χ3n) is 2.85. The Morgan fingerprint density at radius 3 is 2.89 bits per heavy atom. The van der Waals surface area contributed by atoms with Crippen molar-refractivity contribution in [1.82, 2.24) is 9.88 Å². The van der Waals surface area contributed by atoms with Crippen molar-refractivity contribution in [2.45, 2.75) is 32.9 Å². The van der Waals surface area contributed by atoms with Gasteiger partial charge in [-0.1, -0.05) is 0 Å². The van der Waals surface area contributed by atoms with E-state index in [4.69, 9.17) is 9.47 Å². The van der Waals surface area contributed by atoms with Crippen molar-refractivity contribution in [1.29, 1.82) is 0 Å². The van der Waals surface area contributed by atoms with Gasteiger partial charge in [0, 0.05) is 11.7 Å². The smallest absolute Gasteiger partial charge is 0.410 e. The predicted molar refractivity (Wildman–Crippen MR) is 66.6 cm³/mol. The van der Waals surface area contributed by atoms with Crippen molar-refractivity contribution < 1.29 is 14.3 Å². The number of hydrogen-bond acceptors (Lipinski definition) is 4.